The summed E-state index contributed by atoms with van der Waals surface area (Å²) >= 11 is 0. The zero-order valence-electron chi connectivity index (χ0n) is 17.4. The third kappa shape index (κ3) is 4.53. The van der Waals surface area contributed by atoms with E-state index in [9.17, 15) is 9.59 Å². The van der Waals surface area contributed by atoms with Gasteiger partial charge in [0.15, 0.2) is 11.7 Å². The van der Waals surface area contributed by atoms with Crippen molar-refractivity contribution in [3.05, 3.63) is 47.7 Å². The Balaban J connectivity index is 1.44. The first-order valence-corrected chi connectivity index (χ1v) is 10.0. The second kappa shape index (κ2) is 8.38. The van der Waals surface area contributed by atoms with Crippen LogP contribution >= 0.6 is 0 Å². The lowest BCUT2D eigenvalue weighted by molar-refractivity contribution is -0.128. The van der Waals surface area contributed by atoms with E-state index in [4.69, 9.17) is 15.2 Å². The number of hydrogen-bond acceptors (Lipinski definition) is 9. The minimum absolute atomic E-state index is 0.102. The van der Waals surface area contributed by atoms with Gasteiger partial charge >= 0.3 is 0 Å². The van der Waals surface area contributed by atoms with E-state index in [-0.39, 0.29) is 42.3 Å². The van der Waals surface area contributed by atoms with Crippen LogP contribution < -0.4 is 10.5 Å². The van der Waals surface area contributed by atoms with Crippen molar-refractivity contribution in [2.45, 2.75) is 37.8 Å². The highest BCUT2D eigenvalue weighted by molar-refractivity contribution is 5.98. The molecule has 0 saturated carbocycles. The summed E-state index contributed by atoms with van der Waals surface area (Å²) in [7, 11) is 1.59. The van der Waals surface area contributed by atoms with Crippen LogP contribution in [0.1, 0.15) is 41.5 Å². The Bertz CT molecular complexity index is 1020. The SMILES string of the molecule is CN1C(=O)CC(C)(c2cc(CC(=O)c3cnc(OCC4CCO4)cn3)ccn2)N=C1N. The minimum Gasteiger partial charge on any atom is -0.474 e. The van der Waals surface area contributed by atoms with Crippen LogP contribution in [0.3, 0.4) is 0 Å². The molecule has 10 heteroatoms. The number of hydrogen-bond donors (Lipinski definition) is 1. The van der Waals surface area contributed by atoms with Crippen LogP contribution in [0.15, 0.2) is 35.7 Å². The fraction of sp³-hybridized carbons (Fsp3) is 0.429. The highest BCUT2D eigenvalue weighted by Crippen LogP contribution is 2.32. The molecule has 31 heavy (non-hydrogen) atoms. The molecule has 2 N–H and O–H groups in total. The van der Waals surface area contributed by atoms with Crippen LogP contribution in [0, 0.1) is 0 Å². The molecule has 4 rings (SSSR count). The fourth-order valence-corrected chi connectivity index (χ4v) is 3.34. The van der Waals surface area contributed by atoms with Crippen LogP contribution in [-0.2, 0) is 21.5 Å². The summed E-state index contributed by atoms with van der Waals surface area (Å²) in [4.78, 5) is 43.4. The van der Waals surface area contributed by atoms with Crippen LogP contribution in [0.5, 0.6) is 5.88 Å². The molecule has 0 radical (unpaired) electrons. The molecule has 2 aliphatic heterocycles. The lowest BCUT2D eigenvalue weighted by atomic mass is 9.90. The molecule has 10 nitrogen and oxygen atoms in total. The van der Waals surface area contributed by atoms with Crippen molar-refractivity contribution in [1.82, 2.24) is 19.9 Å². The molecule has 2 aliphatic rings. The third-order valence-corrected chi connectivity index (χ3v) is 5.44. The quantitative estimate of drug-likeness (QED) is 0.647. The number of guanidine groups is 1. The number of Topliss-reactive ketones (excluding diaryl/α,β-unsaturated/α-hetero) is 1. The number of carbonyl (C=O) groups excluding carboxylic acids is 2. The van der Waals surface area contributed by atoms with E-state index in [1.165, 1.54) is 17.3 Å². The summed E-state index contributed by atoms with van der Waals surface area (Å²) in [6.07, 6.45) is 5.78. The van der Waals surface area contributed by atoms with Gasteiger partial charge in [0.25, 0.3) is 0 Å². The average molecular weight is 424 g/mol. The summed E-state index contributed by atoms with van der Waals surface area (Å²) in [5, 5.41) is 0. The number of amides is 1. The number of ether oxygens (including phenoxy) is 2. The van der Waals surface area contributed by atoms with Gasteiger partial charge in [-0.05, 0) is 24.6 Å². The van der Waals surface area contributed by atoms with Crippen LogP contribution in [-0.4, -0.2) is 63.9 Å². The van der Waals surface area contributed by atoms with Gasteiger partial charge in [0.1, 0.15) is 17.8 Å². The molecular formula is C21H24N6O4. The van der Waals surface area contributed by atoms with Gasteiger partial charge in [-0.3, -0.25) is 19.5 Å². The number of aliphatic imine (C=N–C) groups is 1. The molecule has 1 amide bonds. The maximum atomic E-state index is 12.7. The van der Waals surface area contributed by atoms with E-state index in [0.29, 0.717) is 18.2 Å². The van der Waals surface area contributed by atoms with E-state index in [2.05, 4.69) is 19.9 Å². The smallest absolute Gasteiger partial charge is 0.232 e. The molecule has 2 aromatic rings. The van der Waals surface area contributed by atoms with Gasteiger partial charge in [0.2, 0.25) is 11.8 Å². The maximum Gasteiger partial charge on any atom is 0.232 e. The first-order valence-electron chi connectivity index (χ1n) is 10.0. The summed E-state index contributed by atoms with van der Waals surface area (Å²) in [5.41, 5.74) is 6.56. The number of ketones is 1. The van der Waals surface area contributed by atoms with E-state index < -0.39 is 5.54 Å². The Kier molecular flexibility index (Phi) is 5.64. The molecular weight excluding hydrogens is 400 g/mol. The Labute approximate surface area is 179 Å². The molecule has 0 aromatic carbocycles. The molecule has 0 spiro atoms. The van der Waals surface area contributed by atoms with E-state index >= 15 is 0 Å². The largest absolute Gasteiger partial charge is 0.474 e. The first kappa shape index (κ1) is 20.9. The monoisotopic (exact) mass is 424 g/mol. The predicted molar refractivity (Wildman–Crippen MR) is 111 cm³/mol. The van der Waals surface area contributed by atoms with Crippen LogP contribution in [0.4, 0.5) is 0 Å². The second-order valence-corrected chi connectivity index (χ2v) is 7.86. The van der Waals surface area contributed by atoms with Gasteiger partial charge in [-0.1, -0.05) is 0 Å². The Morgan fingerprint density at radius 2 is 2.16 bits per heavy atom. The van der Waals surface area contributed by atoms with Gasteiger partial charge in [-0.25, -0.2) is 15.0 Å². The number of rotatable bonds is 7. The van der Waals surface area contributed by atoms with Crippen LogP contribution in [0.2, 0.25) is 0 Å². The third-order valence-electron chi connectivity index (χ3n) is 5.44. The van der Waals surface area contributed by atoms with Gasteiger partial charge in [-0.2, -0.15) is 0 Å². The highest BCUT2D eigenvalue weighted by Gasteiger charge is 2.37. The molecule has 0 bridgehead atoms. The van der Waals surface area contributed by atoms with E-state index in [0.717, 1.165) is 18.6 Å². The molecule has 2 atom stereocenters. The van der Waals surface area contributed by atoms with Crippen LogP contribution in [0.25, 0.3) is 0 Å². The zero-order chi connectivity index (χ0) is 22.0. The number of nitrogens with two attached hydrogens (primary N) is 1. The van der Waals surface area contributed by atoms with Gasteiger partial charge in [0, 0.05) is 32.7 Å². The lowest BCUT2D eigenvalue weighted by Crippen LogP contribution is -2.47. The molecule has 2 unspecified atom stereocenters. The topological polar surface area (TPSA) is 133 Å². The van der Waals surface area contributed by atoms with E-state index in [1.54, 1.807) is 32.3 Å². The molecule has 0 aliphatic carbocycles. The Morgan fingerprint density at radius 3 is 2.81 bits per heavy atom. The lowest BCUT2D eigenvalue weighted by Gasteiger charge is -2.32. The van der Waals surface area contributed by atoms with Crippen molar-refractivity contribution < 1.29 is 19.1 Å². The van der Waals surface area contributed by atoms with Gasteiger partial charge in [0.05, 0.1) is 30.6 Å². The molecule has 1 fully saturated rings. The fourth-order valence-electron chi connectivity index (χ4n) is 3.34. The van der Waals surface area contributed by atoms with Crippen molar-refractivity contribution in [1.29, 1.82) is 0 Å². The number of aromatic nitrogens is 3. The normalized spacial score (nSPS) is 23.2. The van der Waals surface area contributed by atoms with E-state index in [1.807, 2.05) is 0 Å². The predicted octanol–water partition coefficient (Wildman–Crippen LogP) is 0.857. The summed E-state index contributed by atoms with van der Waals surface area (Å²) in [6.45, 7) is 2.99. The standard InChI is InChI=1S/C21H24N6O4/c1-21(9-19(29)27(2)20(22)26-21)17-8-13(3-5-23-17)7-16(28)15-10-25-18(11-24-15)31-12-14-4-6-30-14/h3,5,8,10-11,14H,4,6-7,9,12H2,1-2H3,(H2,22,26). The molecule has 162 valence electrons. The summed E-state index contributed by atoms with van der Waals surface area (Å²) in [5.74, 6) is 0.169. The highest BCUT2D eigenvalue weighted by atomic mass is 16.5. The second-order valence-electron chi connectivity index (χ2n) is 7.86. The molecule has 2 aromatic heterocycles. The molecule has 1 saturated heterocycles. The van der Waals surface area contributed by atoms with Gasteiger partial charge in [-0.15, -0.1) is 0 Å². The van der Waals surface area contributed by atoms with Gasteiger partial charge < -0.3 is 15.2 Å². The first-order chi connectivity index (χ1) is 14.8. The average Bonchev–Trinajstić information content (AvgIpc) is 2.71. The number of carbonyl (C=O) groups is 2. The minimum atomic E-state index is -0.879. The summed E-state index contributed by atoms with van der Waals surface area (Å²) < 4.78 is 10.8. The Hall–Kier alpha value is -3.40. The van der Waals surface area contributed by atoms with Crippen molar-refractivity contribution in [2.24, 2.45) is 10.7 Å². The van der Waals surface area contributed by atoms with Crippen molar-refractivity contribution in [2.75, 3.05) is 20.3 Å². The number of pyridine rings is 1. The maximum absolute atomic E-state index is 12.7. The van der Waals surface area contributed by atoms with Crippen molar-refractivity contribution in [3.63, 3.8) is 0 Å². The molecule has 4 heterocycles. The number of nitrogens with zero attached hydrogens (tertiary/aromatic N) is 5. The zero-order valence-corrected chi connectivity index (χ0v) is 17.4. The van der Waals surface area contributed by atoms with Crippen molar-refractivity contribution >= 4 is 17.6 Å². The van der Waals surface area contributed by atoms with Crippen molar-refractivity contribution in [3.8, 4) is 5.88 Å². The Morgan fingerprint density at radius 1 is 1.35 bits per heavy atom. The summed E-state index contributed by atoms with van der Waals surface area (Å²) in [6, 6.07) is 3.52.